The number of fused-ring (bicyclic) bond motifs is 6. The number of hydrogen-bond acceptors (Lipinski definition) is 10. The van der Waals surface area contributed by atoms with E-state index < -0.39 is 0 Å². The lowest BCUT2D eigenvalue weighted by atomic mass is 9.96. The van der Waals surface area contributed by atoms with Gasteiger partial charge in [0.2, 0.25) is 11.8 Å². The van der Waals surface area contributed by atoms with Gasteiger partial charge < -0.3 is 19.5 Å². The highest BCUT2D eigenvalue weighted by Gasteiger charge is 2.32. The van der Waals surface area contributed by atoms with Crippen LogP contribution >= 0.6 is 45.9 Å². The van der Waals surface area contributed by atoms with Crippen molar-refractivity contribution in [2.24, 2.45) is 0 Å². The summed E-state index contributed by atoms with van der Waals surface area (Å²) in [7, 11) is 0. The SMILES string of the molecule is CC(=O)Nc1nc2c(s1)-c1c(c(-c3ccoc3)nn1-c1ccccc1Cl)CC2.CC(=O)Nc1nc2c(s1)-c1nn(-c3ccccc3Cl)c(-c3ccoc3)c1CC2. The fourth-order valence-corrected chi connectivity index (χ4v) is 9.64. The summed E-state index contributed by atoms with van der Waals surface area (Å²) in [5.41, 5.74) is 11.4. The van der Waals surface area contributed by atoms with E-state index in [0.29, 0.717) is 20.3 Å². The number of benzene rings is 2. The third-order valence-electron chi connectivity index (χ3n) is 9.33. The van der Waals surface area contributed by atoms with E-state index in [9.17, 15) is 9.59 Å². The van der Waals surface area contributed by atoms with Crippen LogP contribution in [0.2, 0.25) is 10.0 Å². The van der Waals surface area contributed by atoms with Gasteiger partial charge in [0.1, 0.15) is 5.69 Å². The van der Waals surface area contributed by atoms with Crippen LogP contribution in [0.25, 0.3) is 55.0 Å². The summed E-state index contributed by atoms with van der Waals surface area (Å²) in [6.45, 7) is 2.96. The number of nitrogens with zero attached hydrogens (tertiary/aromatic N) is 6. The van der Waals surface area contributed by atoms with E-state index in [4.69, 9.17) is 42.2 Å². The lowest BCUT2D eigenvalue weighted by Gasteiger charge is -2.14. The molecule has 280 valence electrons. The van der Waals surface area contributed by atoms with Crippen molar-refractivity contribution in [1.29, 1.82) is 0 Å². The number of rotatable bonds is 6. The van der Waals surface area contributed by atoms with Crippen LogP contribution in [0.15, 0.2) is 94.6 Å². The Balaban J connectivity index is 0.000000146. The number of para-hydroxylation sites is 2. The lowest BCUT2D eigenvalue weighted by molar-refractivity contribution is -0.115. The number of amides is 2. The Bertz CT molecular complexity index is 2760. The zero-order chi connectivity index (χ0) is 38.5. The van der Waals surface area contributed by atoms with Gasteiger partial charge >= 0.3 is 0 Å². The quantitative estimate of drug-likeness (QED) is 0.169. The van der Waals surface area contributed by atoms with Crippen molar-refractivity contribution >= 4 is 68.0 Å². The number of carbonyl (C=O) groups is 2. The molecule has 8 aromatic rings. The number of aromatic nitrogens is 6. The number of halogens is 2. The second-order valence-corrected chi connectivity index (χ2v) is 15.9. The zero-order valence-corrected chi connectivity index (χ0v) is 32.9. The van der Waals surface area contributed by atoms with Gasteiger partial charge in [-0.25, -0.2) is 19.3 Å². The molecular weight excluding hydrogens is 792 g/mol. The van der Waals surface area contributed by atoms with Gasteiger partial charge in [-0.2, -0.15) is 10.2 Å². The number of nitrogens with one attached hydrogen (secondary N) is 2. The van der Waals surface area contributed by atoms with E-state index in [2.05, 4.69) is 20.6 Å². The maximum absolute atomic E-state index is 11.5. The molecule has 0 bridgehead atoms. The topological polar surface area (TPSA) is 146 Å². The smallest absolute Gasteiger partial charge is 0.223 e. The Morgan fingerprint density at radius 1 is 0.643 bits per heavy atom. The molecule has 2 aromatic carbocycles. The van der Waals surface area contributed by atoms with Crippen LogP contribution in [0.4, 0.5) is 10.3 Å². The van der Waals surface area contributed by atoms with Crippen molar-refractivity contribution in [1.82, 2.24) is 29.5 Å². The zero-order valence-electron chi connectivity index (χ0n) is 29.8. The summed E-state index contributed by atoms with van der Waals surface area (Å²) in [6.07, 6.45) is 9.90. The van der Waals surface area contributed by atoms with Gasteiger partial charge in [-0.15, -0.1) is 0 Å². The molecule has 0 fully saturated rings. The molecule has 0 saturated carbocycles. The summed E-state index contributed by atoms with van der Waals surface area (Å²) in [5.74, 6) is -0.267. The van der Waals surface area contributed by atoms with E-state index in [-0.39, 0.29) is 11.8 Å². The number of hydrogen-bond donors (Lipinski definition) is 2. The fourth-order valence-electron chi connectivity index (χ4n) is 7.02. The maximum Gasteiger partial charge on any atom is 0.223 e. The minimum absolute atomic E-state index is 0.132. The van der Waals surface area contributed by atoms with E-state index in [1.807, 2.05) is 70.0 Å². The summed E-state index contributed by atoms with van der Waals surface area (Å²) < 4.78 is 14.4. The third kappa shape index (κ3) is 6.53. The first-order chi connectivity index (χ1) is 27.2. The van der Waals surface area contributed by atoms with Crippen LogP contribution in [0, 0.1) is 0 Å². The van der Waals surface area contributed by atoms with Gasteiger partial charge in [0.25, 0.3) is 0 Å². The van der Waals surface area contributed by atoms with Crippen molar-refractivity contribution < 1.29 is 18.4 Å². The van der Waals surface area contributed by atoms with Gasteiger partial charge in [0.05, 0.1) is 84.7 Å². The van der Waals surface area contributed by atoms with Gasteiger partial charge in [0.15, 0.2) is 10.3 Å². The average Bonchev–Trinajstić information content (AvgIpc) is 4.02. The number of anilines is 2. The number of carbonyl (C=O) groups excluding carboxylic acids is 2. The molecule has 0 aliphatic heterocycles. The van der Waals surface area contributed by atoms with E-state index in [0.717, 1.165) is 103 Å². The van der Waals surface area contributed by atoms with E-state index in [1.165, 1.54) is 36.5 Å². The molecule has 6 aromatic heterocycles. The highest BCUT2D eigenvalue weighted by molar-refractivity contribution is 7.19. The van der Waals surface area contributed by atoms with Crippen molar-refractivity contribution in [3.63, 3.8) is 0 Å². The molecule has 2 N–H and O–H groups in total. The molecule has 0 atom stereocenters. The fraction of sp³-hybridized carbons (Fsp3) is 0.150. The largest absolute Gasteiger partial charge is 0.472 e. The van der Waals surface area contributed by atoms with Crippen LogP contribution in [0.3, 0.4) is 0 Å². The summed E-state index contributed by atoms with van der Waals surface area (Å²) >= 11 is 15.9. The summed E-state index contributed by atoms with van der Waals surface area (Å²) in [4.78, 5) is 34.1. The Hall–Kier alpha value is -5.80. The highest BCUT2D eigenvalue weighted by Crippen LogP contribution is 2.46. The van der Waals surface area contributed by atoms with Crippen molar-refractivity contribution in [3.8, 4) is 55.0 Å². The van der Waals surface area contributed by atoms with Crippen molar-refractivity contribution in [2.75, 3.05) is 10.6 Å². The molecule has 0 saturated heterocycles. The normalized spacial score (nSPS) is 12.5. The number of aryl methyl sites for hydroxylation is 2. The number of thiazole rings is 2. The molecule has 2 amide bonds. The molecule has 0 unspecified atom stereocenters. The molecule has 10 rings (SSSR count). The first-order valence-electron chi connectivity index (χ1n) is 17.6. The minimum Gasteiger partial charge on any atom is -0.472 e. The molecule has 2 aliphatic rings. The van der Waals surface area contributed by atoms with Gasteiger partial charge in [-0.3, -0.25) is 9.59 Å². The van der Waals surface area contributed by atoms with Crippen molar-refractivity contribution in [3.05, 3.63) is 118 Å². The van der Waals surface area contributed by atoms with Gasteiger partial charge in [0, 0.05) is 36.1 Å². The molecule has 6 heterocycles. The minimum atomic E-state index is -0.134. The van der Waals surface area contributed by atoms with Crippen LogP contribution < -0.4 is 10.6 Å². The standard InChI is InChI=1S/2C20H15ClN4O2S/c1-11(26)22-20-23-15-7-6-13-17(19(15)28-20)24-25(16-5-3-2-4-14(16)21)18(13)12-8-9-27-10-12;1-11(26)22-20-23-15-7-6-13-17(12-8-9-27-10-12)24-25(18(13)19(15)28-20)16-5-3-2-4-14(16)21/h2*2-5,8-10H,6-7H2,1H3,(H,22,23,26). The summed E-state index contributed by atoms with van der Waals surface area (Å²) in [6, 6.07) is 19.1. The average molecular weight is 822 g/mol. The van der Waals surface area contributed by atoms with Gasteiger partial charge in [-0.05, 0) is 62.1 Å². The molecule has 16 heteroatoms. The molecule has 0 radical (unpaired) electrons. The van der Waals surface area contributed by atoms with E-state index >= 15 is 0 Å². The van der Waals surface area contributed by atoms with Crippen LogP contribution in [-0.4, -0.2) is 41.3 Å². The first kappa shape index (κ1) is 35.9. The number of furan rings is 2. The van der Waals surface area contributed by atoms with Gasteiger partial charge in [-0.1, -0.05) is 70.1 Å². The molecule has 2 aliphatic carbocycles. The molecule has 12 nitrogen and oxygen atoms in total. The van der Waals surface area contributed by atoms with Crippen LogP contribution in [-0.2, 0) is 35.3 Å². The molecule has 0 spiro atoms. The predicted molar refractivity (Wildman–Crippen MR) is 218 cm³/mol. The van der Waals surface area contributed by atoms with Crippen LogP contribution in [0.1, 0.15) is 36.4 Å². The predicted octanol–water partition coefficient (Wildman–Crippen LogP) is 9.93. The lowest BCUT2D eigenvalue weighted by Crippen LogP contribution is -2.07. The maximum atomic E-state index is 11.5. The Morgan fingerprint density at radius 3 is 1.70 bits per heavy atom. The monoisotopic (exact) mass is 820 g/mol. The first-order valence-corrected chi connectivity index (χ1v) is 20.0. The highest BCUT2D eigenvalue weighted by atomic mass is 35.5. The Morgan fingerprint density at radius 2 is 1.14 bits per heavy atom. The van der Waals surface area contributed by atoms with E-state index in [1.54, 1.807) is 25.1 Å². The molecular formula is C40H30Cl2N8O4S2. The Labute approximate surface area is 337 Å². The second-order valence-electron chi connectivity index (χ2n) is 13.1. The summed E-state index contributed by atoms with van der Waals surface area (Å²) in [5, 5.41) is 17.8. The molecule has 56 heavy (non-hydrogen) atoms. The van der Waals surface area contributed by atoms with Crippen LogP contribution in [0.5, 0.6) is 0 Å². The third-order valence-corrected chi connectivity index (χ3v) is 12.0. The Kier molecular flexibility index (Phi) is 9.41. The second kappa shape index (κ2) is 14.7. The van der Waals surface area contributed by atoms with Crippen molar-refractivity contribution in [2.45, 2.75) is 39.5 Å².